The summed E-state index contributed by atoms with van der Waals surface area (Å²) in [5.41, 5.74) is 1.08. The summed E-state index contributed by atoms with van der Waals surface area (Å²) in [4.78, 5) is 12.5. The molecule has 1 heterocycles. The van der Waals surface area contributed by atoms with Gasteiger partial charge in [0.1, 0.15) is 0 Å². The molecule has 0 bridgehead atoms. The zero-order valence-corrected chi connectivity index (χ0v) is 14.5. The van der Waals surface area contributed by atoms with Crippen LogP contribution in [0, 0.1) is 0 Å². The standard InChI is InChI=1S/C19H24N2O.ClH/c1-13-11-18(9-10-20-13)21-19(22)14(2)16-8-7-15-5-3-4-6-17(15)12-16;/h3-8,12-14,18,20H,9-11H2,1-2H3,(H,21,22);1H. The van der Waals surface area contributed by atoms with Crippen molar-refractivity contribution in [3.05, 3.63) is 48.0 Å². The van der Waals surface area contributed by atoms with E-state index in [-0.39, 0.29) is 24.2 Å². The molecule has 3 unspecified atom stereocenters. The number of nitrogens with one attached hydrogen (secondary N) is 2. The van der Waals surface area contributed by atoms with Crippen molar-refractivity contribution in [2.45, 2.75) is 44.7 Å². The molecule has 1 saturated heterocycles. The lowest BCUT2D eigenvalue weighted by Gasteiger charge is -2.29. The Morgan fingerprint density at radius 3 is 2.70 bits per heavy atom. The van der Waals surface area contributed by atoms with E-state index in [4.69, 9.17) is 0 Å². The first kappa shape index (κ1) is 17.8. The molecule has 0 aromatic heterocycles. The number of carbonyl (C=O) groups excluding carboxylic acids is 1. The highest BCUT2D eigenvalue weighted by molar-refractivity contribution is 5.87. The first-order valence-corrected chi connectivity index (χ1v) is 8.16. The third-order valence-electron chi connectivity index (χ3n) is 4.64. The van der Waals surface area contributed by atoms with E-state index < -0.39 is 0 Å². The van der Waals surface area contributed by atoms with Crippen LogP contribution in [0.3, 0.4) is 0 Å². The van der Waals surface area contributed by atoms with Crippen LogP contribution in [0.5, 0.6) is 0 Å². The molecule has 3 atom stereocenters. The van der Waals surface area contributed by atoms with Crippen LogP contribution < -0.4 is 10.6 Å². The van der Waals surface area contributed by atoms with Crippen LogP contribution in [0.1, 0.15) is 38.2 Å². The van der Waals surface area contributed by atoms with Crippen LogP contribution in [0.4, 0.5) is 0 Å². The Morgan fingerprint density at radius 1 is 1.22 bits per heavy atom. The van der Waals surface area contributed by atoms with E-state index in [2.05, 4.69) is 47.9 Å². The summed E-state index contributed by atoms with van der Waals surface area (Å²) in [6.07, 6.45) is 2.02. The summed E-state index contributed by atoms with van der Waals surface area (Å²) < 4.78 is 0. The molecular weight excluding hydrogens is 308 g/mol. The van der Waals surface area contributed by atoms with Gasteiger partial charge in [0.15, 0.2) is 0 Å². The highest BCUT2D eigenvalue weighted by atomic mass is 35.5. The van der Waals surface area contributed by atoms with Crippen LogP contribution in [-0.2, 0) is 4.79 Å². The van der Waals surface area contributed by atoms with Crippen LogP contribution in [0.2, 0.25) is 0 Å². The van der Waals surface area contributed by atoms with Crippen LogP contribution in [-0.4, -0.2) is 24.5 Å². The SMILES string of the molecule is CC1CC(NC(=O)C(C)c2ccc3ccccc3c2)CCN1.Cl. The quantitative estimate of drug-likeness (QED) is 0.901. The number of hydrogen-bond donors (Lipinski definition) is 2. The number of piperidine rings is 1. The van der Waals surface area contributed by atoms with Gasteiger partial charge >= 0.3 is 0 Å². The Hall–Kier alpha value is -1.58. The zero-order valence-electron chi connectivity index (χ0n) is 13.7. The monoisotopic (exact) mass is 332 g/mol. The summed E-state index contributed by atoms with van der Waals surface area (Å²) in [5.74, 6) is 0.0178. The summed E-state index contributed by atoms with van der Waals surface area (Å²) >= 11 is 0. The maximum Gasteiger partial charge on any atom is 0.227 e. The number of hydrogen-bond acceptors (Lipinski definition) is 2. The summed E-state index contributed by atoms with van der Waals surface area (Å²) in [6, 6.07) is 15.3. The maximum atomic E-state index is 12.5. The predicted molar refractivity (Wildman–Crippen MR) is 98.2 cm³/mol. The number of halogens is 1. The van der Waals surface area contributed by atoms with Gasteiger partial charge in [0.05, 0.1) is 5.92 Å². The van der Waals surface area contributed by atoms with E-state index in [0.29, 0.717) is 12.1 Å². The summed E-state index contributed by atoms with van der Waals surface area (Å²) in [6.45, 7) is 5.14. The molecule has 2 aromatic carbocycles. The first-order chi connectivity index (χ1) is 10.6. The number of fused-ring (bicyclic) bond motifs is 1. The molecule has 23 heavy (non-hydrogen) atoms. The lowest BCUT2D eigenvalue weighted by Crippen LogP contribution is -2.47. The minimum absolute atomic E-state index is 0. The Morgan fingerprint density at radius 2 is 1.96 bits per heavy atom. The molecule has 2 aromatic rings. The van der Waals surface area contributed by atoms with E-state index in [9.17, 15) is 4.79 Å². The molecule has 2 N–H and O–H groups in total. The average Bonchev–Trinajstić information content (AvgIpc) is 2.53. The van der Waals surface area contributed by atoms with E-state index in [1.54, 1.807) is 0 Å². The molecule has 3 rings (SSSR count). The molecule has 1 fully saturated rings. The lowest BCUT2D eigenvalue weighted by molar-refractivity contribution is -0.123. The maximum absolute atomic E-state index is 12.5. The fourth-order valence-corrected chi connectivity index (χ4v) is 3.22. The third kappa shape index (κ3) is 4.24. The van der Waals surface area contributed by atoms with Gasteiger partial charge in [-0.1, -0.05) is 42.5 Å². The van der Waals surface area contributed by atoms with Crippen molar-refractivity contribution in [3.8, 4) is 0 Å². The first-order valence-electron chi connectivity index (χ1n) is 8.16. The van der Waals surface area contributed by atoms with Gasteiger partial charge in [0, 0.05) is 12.1 Å². The van der Waals surface area contributed by atoms with Crippen LogP contribution in [0.15, 0.2) is 42.5 Å². The van der Waals surface area contributed by atoms with Crippen molar-refractivity contribution >= 4 is 29.1 Å². The molecule has 1 aliphatic rings. The second-order valence-electron chi connectivity index (χ2n) is 6.41. The minimum Gasteiger partial charge on any atom is -0.353 e. The molecule has 0 saturated carbocycles. The molecular formula is C19H25ClN2O. The number of amides is 1. The third-order valence-corrected chi connectivity index (χ3v) is 4.64. The van der Waals surface area contributed by atoms with Gasteiger partial charge in [0.25, 0.3) is 0 Å². The molecule has 1 amide bonds. The van der Waals surface area contributed by atoms with Gasteiger partial charge in [-0.05, 0) is 49.6 Å². The Balaban J connectivity index is 0.00000192. The second kappa shape index (κ2) is 7.80. The molecule has 4 heteroatoms. The Bertz CT molecular complexity index is 673. The van der Waals surface area contributed by atoms with Crippen molar-refractivity contribution in [2.24, 2.45) is 0 Å². The number of carbonyl (C=O) groups is 1. The highest BCUT2D eigenvalue weighted by Gasteiger charge is 2.23. The fraction of sp³-hybridized carbons (Fsp3) is 0.421. The summed E-state index contributed by atoms with van der Waals surface area (Å²) in [7, 11) is 0. The smallest absolute Gasteiger partial charge is 0.227 e. The average molecular weight is 333 g/mol. The molecule has 1 aliphatic heterocycles. The van der Waals surface area contributed by atoms with E-state index >= 15 is 0 Å². The predicted octanol–water partition coefficient (Wildman–Crippen LogP) is 3.62. The van der Waals surface area contributed by atoms with Crippen LogP contribution >= 0.6 is 12.4 Å². The van der Waals surface area contributed by atoms with Gasteiger partial charge in [0.2, 0.25) is 5.91 Å². The van der Waals surface area contributed by atoms with Gasteiger partial charge in [-0.25, -0.2) is 0 Å². The van der Waals surface area contributed by atoms with Crippen molar-refractivity contribution in [2.75, 3.05) is 6.54 Å². The number of rotatable bonds is 3. The highest BCUT2D eigenvalue weighted by Crippen LogP contribution is 2.22. The van der Waals surface area contributed by atoms with Gasteiger partial charge < -0.3 is 10.6 Å². The summed E-state index contributed by atoms with van der Waals surface area (Å²) in [5, 5.41) is 9.04. The number of benzene rings is 2. The van der Waals surface area contributed by atoms with Gasteiger partial charge in [-0.15, -0.1) is 12.4 Å². The van der Waals surface area contributed by atoms with E-state index in [0.717, 1.165) is 24.9 Å². The molecule has 124 valence electrons. The molecule has 3 nitrogen and oxygen atoms in total. The lowest BCUT2D eigenvalue weighted by atomic mass is 9.95. The molecule has 0 radical (unpaired) electrons. The largest absolute Gasteiger partial charge is 0.353 e. The zero-order chi connectivity index (χ0) is 15.5. The normalized spacial score (nSPS) is 22.2. The van der Waals surface area contributed by atoms with Gasteiger partial charge in [-0.3, -0.25) is 4.79 Å². The fourth-order valence-electron chi connectivity index (χ4n) is 3.22. The van der Waals surface area contributed by atoms with E-state index in [1.807, 2.05) is 19.1 Å². The Kier molecular flexibility index (Phi) is 6.03. The van der Waals surface area contributed by atoms with Crippen molar-refractivity contribution < 1.29 is 4.79 Å². The molecule has 0 aliphatic carbocycles. The van der Waals surface area contributed by atoms with E-state index in [1.165, 1.54) is 10.8 Å². The van der Waals surface area contributed by atoms with Gasteiger partial charge in [-0.2, -0.15) is 0 Å². The Labute approximate surface area is 144 Å². The van der Waals surface area contributed by atoms with Crippen LogP contribution in [0.25, 0.3) is 10.8 Å². The van der Waals surface area contributed by atoms with Crippen molar-refractivity contribution in [3.63, 3.8) is 0 Å². The minimum atomic E-state index is -0.116. The van der Waals surface area contributed by atoms with Crippen molar-refractivity contribution in [1.82, 2.24) is 10.6 Å². The topological polar surface area (TPSA) is 41.1 Å². The molecule has 0 spiro atoms. The second-order valence-corrected chi connectivity index (χ2v) is 6.41. The van der Waals surface area contributed by atoms with Crippen molar-refractivity contribution in [1.29, 1.82) is 0 Å².